The summed E-state index contributed by atoms with van der Waals surface area (Å²) in [6.45, 7) is 3.83. The van der Waals surface area contributed by atoms with Gasteiger partial charge >= 0.3 is 6.03 Å². The molecule has 116 valence electrons. The van der Waals surface area contributed by atoms with Crippen LogP contribution in [0.4, 0.5) is 4.79 Å². The number of carbonyl (C=O) groups is 1. The molecule has 0 radical (unpaired) electrons. The number of aromatic nitrogens is 1. The van der Waals surface area contributed by atoms with Crippen molar-refractivity contribution in [3.8, 4) is 0 Å². The van der Waals surface area contributed by atoms with Gasteiger partial charge in [0.15, 0.2) is 0 Å². The van der Waals surface area contributed by atoms with Crippen molar-refractivity contribution in [3.05, 3.63) is 29.6 Å². The Hall–Kier alpha value is -1.67. The first-order valence-corrected chi connectivity index (χ1v) is 8.60. The summed E-state index contributed by atoms with van der Waals surface area (Å²) in [6, 6.07) is 3.64. The Morgan fingerprint density at radius 2 is 1.95 bits per heavy atom. The van der Waals surface area contributed by atoms with E-state index in [1.807, 2.05) is 19.1 Å². The molecule has 1 aliphatic rings. The van der Waals surface area contributed by atoms with Crippen LogP contribution in [0.3, 0.4) is 0 Å². The van der Waals surface area contributed by atoms with Gasteiger partial charge in [-0.25, -0.2) is 13.2 Å². The Labute approximate surface area is 125 Å². The highest BCUT2D eigenvalue weighted by Crippen LogP contribution is 2.06. The van der Waals surface area contributed by atoms with Crippen LogP contribution in [-0.2, 0) is 16.6 Å². The summed E-state index contributed by atoms with van der Waals surface area (Å²) in [4.78, 5) is 17.8. The number of nitrogens with zero attached hydrogens (tertiary/aromatic N) is 3. The molecule has 1 N–H and O–H groups in total. The lowest BCUT2D eigenvalue weighted by Crippen LogP contribution is -2.52. The van der Waals surface area contributed by atoms with E-state index < -0.39 is 10.0 Å². The molecule has 8 heteroatoms. The third-order valence-corrected chi connectivity index (χ3v) is 4.71. The van der Waals surface area contributed by atoms with Gasteiger partial charge in [-0.15, -0.1) is 0 Å². The van der Waals surface area contributed by atoms with Gasteiger partial charge in [-0.2, -0.15) is 4.31 Å². The summed E-state index contributed by atoms with van der Waals surface area (Å²) in [7, 11) is -3.17. The number of carbonyl (C=O) groups excluding carboxylic acids is 1. The minimum absolute atomic E-state index is 0.177. The second-order valence-corrected chi connectivity index (χ2v) is 7.10. The van der Waals surface area contributed by atoms with E-state index in [-0.39, 0.29) is 6.03 Å². The number of hydrogen-bond acceptors (Lipinski definition) is 4. The van der Waals surface area contributed by atoms with Crippen LogP contribution in [0.25, 0.3) is 0 Å². The van der Waals surface area contributed by atoms with Crippen LogP contribution in [0.5, 0.6) is 0 Å². The highest BCUT2D eigenvalue weighted by Gasteiger charge is 2.25. The fraction of sp³-hybridized carbons (Fsp3) is 0.538. The molecular formula is C13H20N4O3S. The molecule has 0 atom stereocenters. The third-order valence-electron chi connectivity index (χ3n) is 3.41. The van der Waals surface area contributed by atoms with Crippen molar-refractivity contribution in [3.63, 3.8) is 0 Å². The van der Waals surface area contributed by atoms with Gasteiger partial charge in [0.2, 0.25) is 10.0 Å². The van der Waals surface area contributed by atoms with Crippen molar-refractivity contribution in [2.75, 3.05) is 32.4 Å². The molecule has 1 fully saturated rings. The monoisotopic (exact) mass is 312 g/mol. The van der Waals surface area contributed by atoms with Gasteiger partial charge in [-0.1, -0.05) is 6.07 Å². The predicted molar refractivity (Wildman–Crippen MR) is 79.2 cm³/mol. The number of sulfonamides is 1. The maximum atomic E-state index is 12.0. The van der Waals surface area contributed by atoms with Crippen LogP contribution < -0.4 is 5.32 Å². The smallest absolute Gasteiger partial charge is 0.317 e. The standard InChI is InChI=1S/C13H20N4O3S/c1-11-3-4-12(9-14-11)10-15-13(18)16-5-7-17(8-6-16)21(2,19)20/h3-4,9H,5-8,10H2,1-2H3,(H,15,18). The SMILES string of the molecule is Cc1ccc(CNC(=O)N2CCN(S(C)(=O)=O)CC2)cn1. The summed E-state index contributed by atoms with van der Waals surface area (Å²) in [5.41, 5.74) is 1.87. The number of aryl methyl sites for hydroxylation is 1. The molecule has 0 unspecified atom stereocenters. The van der Waals surface area contributed by atoms with Crippen LogP contribution in [-0.4, -0.2) is 61.1 Å². The molecule has 0 bridgehead atoms. The lowest BCUT2D eigenvalue weighted by atomic mass is 10.2. The van der Waals surface area contributed by atoms with Crippen LogP contribution in [0.1, 0.15) is 11.3 Å². The van der Waals surface area contributed by atoms with Crippen LogP contribution in [0.2, 0.25) is 0 Å². The summed E-state index contributed by atoms with van der Waals surface area (Å²) in [6.07, 6.45) is 2.92. The fourth-order valence-electron chi connectivity index (χ4n) is 2.12. The highest BCUT2D eigenvalue weighted by molar-refractivity contribution is 7.88. The Morgan fingerprint density at radius 3 is 2.48 bits per heavy atom. The molecule has 0 saturated carbocycles. The normalized spacial score (nSPS) is 16.8. The average Bonchev–Trinajstić information content (AvgIpc) is 2.45. The number of amides is 2. The lowest BCUT2D eigenvalue weighted by Gasteiger charge is -2.33. The number of rotatable bonds is 3. The van der Waals surface area contributed by atoms with E-state index in [9.17, 15) is 13.2 Å². The minimum atomic E-state index is -3.17. The van der Waals surface area contributed by atoms with Gasteiger partial charge < -0.3 is 10.2 Å². The van der Waals surface area contributed by atoms with E-state index >= 15 is 0 Å². The zero-order valence-corrected chi connectivity index (χ0v) is 13.1. The summed E-state index contributed by atoms with van der Waals surface area (Å²) in [5.74, 6) is 0. The zero-order valence-electron chi connectivity index (χ0n) is 12.2. The molecule has 2 amide bonds. The average molecular weight is 312 g/mol. The van der Waals surface area contributed by atoms with Gasteiger partial charge in [0, 0.05) is 44.6 Å². The number of pyridine rings is 1. The van der Waals surface area contributed by atoms with Crippen LogP contribution >= 0.6 is 0 Å². The van der Waals surface area contributed by atoms with Crippen molar-refractivity contribution in [1.29, 1.82) is 0 Å². The number of hydrogen-bond donors (Lipinski definition) is 1. The molecule has 1 aromatic heterocycles. The Balaban J connectivity index is 1.81. The molecule has 21 heavy (non-hydrogen) atoms. The number of nitrogens with one attached hydrogen (secondary N) is 1. The first kappa shape index (κ1) is 15.7. The summed E-state index contributed by atoms with van der Waals surface area (Å²) >= 11 is 0. The molecule has 2 rings (SSSR count). The molecular weight excluding hydrogens is 292 g/mol. The third kappa shape index (κ3) is 4.40. The van der Waals surface area contributed by atoms with Gasteiger partial charge in [0.05, 0.1) is 6.26 Å². The molecule has 1 aromatic rings. The van der Waals surface area contributed by atoms with Gasteiger partial charge in [0.1, 0.15) is 0 Å². The Bertz CT molecular complexity index is 592. The van der Waals surface area contributed by atoms with Gasteiger partial charge in [-0.05, 0) is 18.6 Å². The van der Waals surface area contributed by atoms with Crippen molar-refractivity contribution in [2.24, 2.45) is 0 Å². The van der Waals surface area contributed by atoms with E-state index in [0.717, 1.165) is 11.3 Å². The van der Waals surface area contributed by atoms with Crippen molar-refractivity contribution < 1.29 is 13.2 Å². The molecule has 7 nitrogen and oxygen atoms in total. The van der Waals surface area contributed by atoms with Gasteiger partial charge in [0.25, 0.3) is 0 Å². The van der Waals surface area contributed by atoms with Crippen LogP contribution in [0, 0.1) is 6.92 Å². The maximum Gasteiger partial charge on any atom is 0.317 e. The van der Waals surface area contributed by atoms with E-state index in [4.69, 9.17) is 0 Å². The largest absolute Gasteiger partial charge is 0.334 e. The molecule has 0 aromatic carbocycles. The quantitative estimate of drug-likeness (QED) is 0.863. The number of urea groups is 1. The van der Waals surface area contributed by atoms with E-state index in [1.165, 1.54) is 10.6 Å². The molecule has 1 aliphatic heterocycles. The zero-order chi connectivity index (χ0) is 15.5. The van der Waals surface area contributed by atoms with Gasteiger partial charge in [-0.3, -0.25) is 4.98 Å². The second-order valence-electron chi connectivity index (χ2n) is 5.12. The van der Waals surface area contributed by atoms with Crippen molar-refractivity contribution in [1.82, 2.24) is 19.5 Å². The molecule has 0 aliphatic carbocycles. The second kappa shape index (κ2) is 6.40. The fourth-order valence-corrected chi connectivity index (χ4v) is 2.94. The highest BCUT2D eigenvalue weighted by atomic mass is 32.2. The lowest BCUT2D eigenvalue weighted by molar-refractivity contribution is 0.172. The topological polar surface area (TPSA) is 82.6 Å². The summed E-state index contributed by atoms with van der Waals surface area (Å²) < 4.78 is 24.2. The first-order valence-electron chi connectivity index (χ1n) is 6.76. The number of piperazine rings is 1. The predicted octanol–water partition coefficient (Wildman–Crippen LogP) is 0.177. The van der Waals surface area contributed by atoms with E-state index in [2.05, 4.69) is 10.3 Å². The molecule has 1 saturated heterocycles. The van der Waals surface area contributed by atoms with Crippen molar-refractivity contribution in [2.45, 2.75) is 13.5 Å². The molecule has 0 spiro atoms. The Morgan fingerprint density at radius 1 is 1.29 bits per heavy atom. The van der Waals surface area contributed by atoms with E-state index in [0.29, 0.717) is 32.7 Å². The maximum absolute atomic E-state index is 12.0. The van der Waals surface area contributed by atoms with Crippen molar-refractivity contribution >= 4 is 16.1 Å². The minimum Gasteiger partial charge on any atom is -0.334 e. The summed E-state index contributed by atoms with van der Waals surface area (Å²) in [5, 5.41) is 2.82. The van der Waals surface area contributed by atoms with E-state index in [1.54, 1.807) is 11.1 Å². The molecule has 2 heterocycles. The first-order chi connectivity index (χ1) is 9.86. The van der Waals surface area contributed by atoms with Crippen LogP contribution in [0.15, 0.2) is 18.3 Å². The Kier molecular flexibility index (Phi) is 4.79.